The van der Waals surface area contributed by atoms with E-state index in [0.29, 0.717) is 12.3 Å². The minimum Gasteiger partial charge on any atom is -0.476 e. The van der Waals surface area contributed by atoms with E-state index >= 15 is 0 Å². The van der Waals surface area contributed by atoms with Gasteiger partial charge in [-0.1, -0.05) is 25.9 Å². The number of nitrogens with one attached hydrogen (secondary N) is 1. The number of hydrogen-bond donors (Lipinski definition) is 2. The second-order valence-electron chi connectivity index (χ2n) is 4.60. The maximum Gasteiger partial charge on any atom is 0.358 e. The van der Waals surface area contributed by atoms with E-state index in [1.54, 1.807) is 0 Å². The minimum absolute atomic E-state index is 0.0495. The molecule has 0 aliphatic heterocycles. The summed E-state index contributed by atoms with van der Waals surface area (Å²) in [7, 11) is 0. The first kappa shape index (κ1) is 12.7. The Bertz CT molecular complexity index is 358. The molecule has 0 aliphatic carbocycles. The number of carboxylic acids is 1. The highest BCUT2D eigenvalue weighted by Crippen LogP contribution is 2.17. The molecular weight excluding hydrogens is 208 g/mol. The Morgan fingerprint density at radius 1 is 1.62 bits per heavy atom. The molecular formula is C11H18N2O3. The number of aromatic nitrogens is 1. The van der Waals surface area contributed by atoms with Crippen LogP contribution in [0.3, 0.4) is 0 Å². The molecule has 0 saturated heterocycles. The highest BCUT2D eigenvalue weighted by atomic mass is 16.5. The number of carboxylic acid groups (broad SMARTS) is 1. The predicted octanol–water partition coefficient (Wildman–Crippen LogP) is 1.90. The minimum atomic E-state index is -1.07. The molecule has 16 heavy (non-hydrogen) atoms. The van der Waals surface area contributed by atoms with Crippen molar-refractivity contribution in [2.45, 2.75) is 33.7 Å². The van der Waals surface area contributed by atoms with Crippen LogP contribution in [-0.4, -0.2) is 22.8 Å². The molecule has 0 saturated carbocycles. The van der Waals surface area contributed by atoms with E-state index in [-0.39, 0.29) is 11.1 Å². The van der Waals surface area contributed by atoms with E-state index in [1.807, 2.05) is 0 Å². The summed E-state index contributed by atoms with van der Waals surface area (Å²) in [6.07, 6.45) is 1.08. The number of nitrogens with zero attached hydrogens (tertiary/aromatic N) is 1. The lowest BCUT2D eigenvalue weighted by molar-refractivity contribution is 0.0685. The molecule has 1 aromatic heterocycles. The first-order valence-corrected chi connectivity index (χ1v) is 5.34. The maximum atomic E-state index is 10.6. The predicted molar refractivity (Wildman–Crippen MR) is 59.2 cm³/mol. The van der Waals surface area contributed by atoms with Crippen LogP contribution < -0.4 is 5.32 Å². The van der Waals surface area contributed by atoms with Crippen LogP contribution in [0.5, 0.6) is 0 Å². The molecule has 0 fully saturated rings. The van der Waals surface area contributed by atoms with Gasteiger partial charge in [-0.3, -0.25) is 0 Å². The topological polar surface area (TPSA) is 75.4 Å². The molecule has 0 radical (unpaired) electrons. The Morgan fingerprint density at radius 3 is 2.81 bits per heavy atom. The van der Waals surface area contributed by atoms with Crippen molar-refractivity contribution < 1.29 is 14.4 Å². The van der Waals surface area contributed by atoms with Gasteiger partial charge in [-0.05, 0) is 11.8 Å². The van der Waals surface area contributed by atoms with Crippen LogP contribution in [0.4, 0.5) is 0 Å². The monoisotopic (exact) mass is 226 g/mol. The van der Waals surface area contributed by atoms with Crippen molar-refractivity contribution in [1.29, 1.82) is 0 Å². The normalized spacial score (nSPS) is 11.7. The third-order valence-electron chi connectivity index (χ3n) is 2.64. The van der Waals surface area contributed by atoms with Gasteiger partial charge in [0.15, 0.2) is 11.5 Å². The van der Waals surface area contributed by atoms with Crippen LogP contribution in [0.15, 0.2) is 10.6 Å². The third-order valence-corrected chi connectivity index (χ3v) is 2.64. The molecule has 90 valence electrons. The van der Waals surface area contributed by atoms with Crippen LogP contribution >= 0.6 is 0 Å². The van der Waals surface area contributed by atoms with E-state index in [0.717, 1.165) is 13.0 Å². The average Bonchev–Trinajstić information content (AvgIpc) is 2.66. The van der Waals surface area contributed by atoms with Crippen LogP contribution in [0.2, 0.25) is 0 Å². The first-order valence-electron chi connectivity index (χ1n) is 5.34. The summed E-state index contributed by atoms with van der Waals surface area (Å²) in [6.45, 7) is 7.83. The molecule has 0 atom stereocenters. The van der Waals surface area contributed by atoms with Crippen molar-refractivity contribution in [3.05, 3.63) is 17.5 Å². The zero-order valence-corrected chi connectivity index (χ0v) is 9.91. The molecule has 0 aliphatic rings. The van der Waals surface area contributed by atoms with E-state index in [2.05, 4.69) is 31.2 Å². The van der Waals surface area contributed by atoms with Crippen molar-refractivity contribution in [3.8, 4) is 0 Å². The Hall–Kier alpha value is -1.36. The van der Waals surface area contributed by atoms with Gasteiger partial charge in [0.25, 0.3) is 0 Å². The van der Waals surface area contributed by atoms with Crippen molar-refractivity contribution in [3.63, 3.8) is 0 Å². The molecule has 1 rings (SSSR count). The van der Waals surface area contributed by atoms with Crippen molar-refractivity contribution in [2.24, 2.45) is 5.41 Å². The molecule has 0 bridgehead atoms. The second kappa shape index (κ2) is 5.12. The summed E-state index contributed by atoms with van der Waals surface area (Å²) in [5.74, 6) is -0.520. The van der Waals surface area contributed by atoms with E-state index < -0.39 is 5.97 Å². The molecule has 0 aromatic carbocycles. The number of hydrogen-bond acceptors (Lipinski definition) is 4. The lowest BCUT2D eigenvalue weighted by atomic mass is 9.90. The van der Waals surface area contributed by atoms with E-state index in [1.165, 1.54) is 6.07 Å². The Kier molecular flexibility index (Phi) is 4.06. The van der Waals surface area contributed by atoms with Crippen LogP contribution in [0.1, 0.15) is 43.4 Å². The summed E-state index contributed by atoms with van der Waals surface area (Å²) in [6, 6.07) is 1.44. The maximum absolute atomic E-state index is 10.6. The Labute approximate surface area is 94.8 Å². The van der Waals surface area contributed by atoms with Gasteiger partial charge in [-0.2, -0.15) is 0 Å². The highest BCUT2D eigenvalue weighted by Gasteiger charge is 2.15. The van der Waals surface area contributed by atoms with Crippen molar-refractivity contribution in [1.82, 2.24) is 10.5 Å². The third kappa shape index (κ3) is 3.66. The van der Waals surface area contributed by atoms with Gasteiger partial charge < -0.3 is 14.9 Å². The second-order valence-corrected chi connectivity index (χ2v) is 4.60. The molecule has 0 spiro atoms. The zero-order valence-electron chi connectivity index (χ0n) is 9.91. The first-order chi connectivity index (χ1) is 7.44. The highest BCUT2D eigenvalue weighted by molar-refractivity contribution is 5.85. The quantitative estimate of drug-likeness (QED) is 0.774. The Balaban J connectivity index is 2.40. The van der Waals surface area contributed by atoms with Gasteiger partial charge in [0.1, 0.15) is 0 Å². The molecule has 1 aromatic rings. The van der Waals surface area contributed by atoms with Gasteiger partial charge >= 0.3 is 5.97 Å². The van der Waals surface area contributed by atoms with Gasteiger partial charge in [-0.15, -0.1) is 0 Å². The smallest absolute Gasteiger partial charge is 0.358 e. The average molecular weight is 226 g/mol. The van der Waals surface area contributed by atoms with Crippen LogP contribution in [0.25, 0.3) is 0 Å². The molecule has 2 N–H and O–H groups in total. The number of carbonyl (C=O) groups is 1. The fraction of sp³-hybridized carbons (Fsp3) is 0.636. The van der Waals surface area contributed by atoms with E-state index in [4.69, 9.17) is 9.63 Å². The number of aromatic carboxylic acids is 1. The van der Waals surface area contributed by atoms with Crippen LogP contribution in [0, 0.1) is 5.41 Å². The standard InChI is InChI=1S/C11H18N2O3/c1-4-11(2,3)7-12-6-8-5-9(10(14)15)13-16-8/h5,12H,4,6-7H2,1-3H3,(H,14,15). The van der Waals surface area contributed by atoms with Gasteiger partial charge in [-0.25, -0.2) is 4.79 Å². The zero-order chi connectivity index (χ0) is 12.2. The molecule has 5 heteroatoms. The summed E-state index contributed by atoms with van der Waals surface area (Å²) in [5, 5.41) is 15.3. The molecule has 1 heterocycles. The molecule has 0 unspecified atom stereocenters. The van der Waals surface area contributed by atoms with Gasteiger partial charge in [0, 0.05) is 12.6 Å². The molecule has 0 amide bonds. The molecule has 5 nitrogen and oxygen atoms in total. The largest absolute Gasteiger partial charge is 0.476 e. The lowest BCUT2D eigenvalue weighted by Gasteiger charge is -2.22. The summed E-state index contributed by atoms with van der Waals surface area (Å²) >= 11 is 0. The summed E-state index contributed by atoms with van der Waals surface area (Å²) in [4.78, 5) is 10.6. The van der Waals surface area contributed by atoms with Gasteiger partial charge in [0.05, 0.1) is 6.54 Å². The SMILES string of the molecule is CCC(C)(C)CNCc1cc(C(=O)O)no1. The fourth-order valence-corrected chi connectivity index (χ4v) is 1.15. The van der Waals surface area contributed by atoms with E-state index in [9.17, 15) is 4.79 Å². The Morgan fingerprint density at radius 2 is 2.31 bits per heavy atom. The summed E-state index contributed by atoms with van der Waals surface area (Å²) in [5.41, 5.74) is 0.182. The lowest BCUT2D eigenvalue weighted by Crippen LogP contribution is -2.28. The summed E-state index contributed by atoms with van der Waals surface area (Å²) < 4.78 is 4.88. The number of rotatable bonds is 6. The van der Waals surface area contributed by atoms with Crippen molar-refractivity contribution >= 4 is 5.97 Å². The van der Waals surface area contributed by atoms with Crippen molar-refractivity contribution in [2.75, 3.05) is 6.54 Å². The fourth-order valence-electron chi connectivity index (χ4n) is 1.15. The van der Waals surface area contributed by atoms with Crippen LogP contribution in [-0.2, 0) is 6.54 Å². The van der Waals surface area contributed by atoms with Gasteiger partial charge in [0.2, 0.25) is 0 Å².